The van der Waals surface area contributed by atoms with Gasteiger partial charge in [-0.15, -0.1) is 0 Å². The Labute approximate surface area is 164 Å². The van der Waals surface area contributed by atoms with Crippen LogP contribution in [0.1, 0.15) is 27.6 Å². The van der Waals surface area contributed by atoms with Crippen molar-refractivity contribution in [3.8, 4) is 0 Å². The van der Waals surface area contributed by atoms with E-state index in [0.717, 1.165) is 5.39 Å². The largest absolute Gasteiger partial charge is 0.451 e. The number of carbonyl (C=O) groups is 2. The fourth-order valence-corrected chi connectivity index (χ4v) is 2.95. The molecule has 0 atom stereocenters. The lowest BCUT2D eigenvalue weighted by atomic mass is 10.2. The van der Waals surface area contributed by atoms with Crippen LogP contribution in [0.5, 0.6) is 0 Å². The Balaban J connectivity index is 1.27. The number of carbonyl (C=O) groups excluding carboxylic acids is 2. The van der Waals surface area contributed by atoms with Crippen LogP contribution < -0.4 is 16.2 Å². The molecule has 0 spiro atoms. The van der Waals surface area contributed by atoms with Gasteiger partial charge in [-0.3, -0.25) is 14.4 Å². The summed E-state index contributed by atoms with van der Waals surface area (Å²) in [5.41, 5.74) is 0.750. The van der Waals surface area contributed by atoms with E-state index in [2.05, 4.69) is 20.6 Å². The Morgan fingerprint density at radius 3 is 2.52 bits per heavy atom. The molecule has 0 fully saturated rings. The minimum absolute atomic E-state index is 0.0417. The number of nitrogens with zero attached hydrogens (tertiary/aromatic N) is 1. The summed E-state index contributed by atoms with van der Waals surface area (Å²) in [4.78, 5) is 43.0. The minimum Gasteiger partial charge on any atom is -0.451 e. The van der Waals surface area contributed by atoms with Crippen molar-refractivity contribution in [2.45, 2.75) is 6.42 Å². The third kappa shape index (κ3) is 4.01. The van der Waals surface area contributed by atoms with Gasteiger partial charge >= 0.3 is 0 Å². The lowest BCUT2D eigenvalue weighted by Gasteiger charge is -2.06. The molecule has 0 aliphatic heterocycles. The van der Waals surface area contributed by atoms with Crippen LogP contribution in [0, 0.1) is 0 Å². The summed E-state index contributed by atoms with van der Waals surface area (Å²) < 4.78 is 5.51. The summed E-state index contributed by atoms with van der Waals surface area (Å²) in [7, 11) is 0. The van der Waals surface area contributed by atoms with Crippen molar-refractivity contribution in [2.24, 2.45) is 0 Å². The molecule has 146 valence electrons. The van der Waals surface area contributed by atoms with Crippen LogP contribution in [0.15, 0.2) is 63.8 Å². The van der Waals surface area contributed by atoms with Gasteiger partial charge in [0.15, 0.2) is 11.6 Å². The van der Waals surface area contributed by atoms with Crippen LogP contribution in [-0.4, -0.2) is 34.9 Å². The monoisotopic (exact) mass is 390 g/mol. The smallest absolute Gasteiger partial charge is 0.287 e. The molecule has 29 heavy (non-hydrogen) atoms. The zero-order valence-electron chi connectivity index (χ0n) is 15.4. The number of nitrogens with one attached hydrogen (secondary N) is 3. The van der Waals surface area contributed by atoms with E-state index in [1.807, 2.05) is 18.2 Å². The van der Waals surface area contributed by atoms with Gasteiger partial charge in [-0.05, 0) is 30.7 Å². The number of furan rings is 1. The van der Waals surface area contributed by atoms with Crippen molar-refractivity contribution in [3.05, 3.63) is 76.5 Å². The number of aromatic amines is 1. The number of para-hydroxylation sites is 2. The molecule has 0 aliphatic rings. The summed E-state index contributed by atoms with van der Waals surface area (Å²) in [6, 6.07) is 15.9. The van der Waals surface area contributed by atoms with E-state index in [0.29, 0.717) is 36.0 Å². The molecular weight excluding hydrogens is 372 g/mol. The maximum Gasteiger partial charge on any atom is 0.287 e. The minimum atomic E-state index is -0.475. The van der Waals surface area contributed by atoms with E-state index >= 15 is 0 Å². The van der Waals surface area contributed by atoms with Gasteiger partial charge in [0.25, 0.3) is 17.4 Å². The van der Waals surface area contributed by atoms with Crippen LogP contribution in [-0.2, 0) is 0 Å². The van der Waals surface area contributed by atoms with E-state index in [-0.39, 0.29) is 23.1 Å². The Hall–Kier alpha value is -3.94. The highest BCUT2D eigenvalue weighted by Gasteiger charge is 2.12. The van der Waals surface area contributed by atoms with Crippen molar-refractivity contribution >= 4 is 33.7 Å². The summed E-state index contributed by atoms with van der Waals surface area (Å²) in [5.74, 6) is -0.585. The average Bonchev–Trinajstić information content (AvgIpc) is 3.17. The van der Waals surface area contributed by atoms with E-state index < -0.39 is 5.91 Å². The fraction of sp³-hybridized carbons (Fsp3) is 0.143. The molecule has 0 radical (unpaired) electrons. The molecular formula is C21H18N4O4. The molecule has 8 heteroatoms. The Bertz CT molecular complexity index is 1230. The van der Waals surface area contributed by atoms with Gasteiger partial charge in [0, 0.05) is 18.5 Å². The predicted octanol–water partition coefficient (Wildman–Crippen LogP) is 2.22. The first-order chi connectivity index (χ1) is 14.1. The zero-order chi connectivity index (χ0) is 20.2. The van der Waals surface area contributed by atoms with Crippen molar-refractivity contribution in [1.82, 2.24) is 20.6 Å². The summed E-state index contributed by atoms with van der Waals surface area (Å²) in [5, 5.41) is 6.72. The Morgan fingerprint density at radius 1 is 0.966 bits per heavy atom. The van der Waals surface area contributed by atoms with Crippen LogP contribution >= 0.6 is 0 Å². The molecule has 2 aromatic carbocycles. The summed E-state index contributed by atoms with van der Waals surface area (Å²) in [6.07, 6.45) is 0.509. The highest BCUT2D eigenvalue weighted by molar-refractivity contribution is 5.96. The number of aromatic nitrogens is 2. The third-order valence-electron chi connectivity index (χ3n) is 4.40. The predicted molar refractivity (Wildman–Crippen MR) is 108 cm³/mol. The molecule has 0 unspecified atom stereocenters. The second kappa shape index (κ2) is 7.97. The van der Waals surface area contributed by atoms with Crippen LogP contribution in [0.3, 0.4) is 0 Å². The average molecular weight is 390 g/mol. The number of fused-ring (bicyclic) bond motifs is 2. The number of amides is 2. The second-order valence-corrected chi connectivity index (χ2v) is 6.45. The lowest BCUT2D eigenvalue weighted by molar-refractivity contribution is 0.0927. The van der Waals surface area contributed by atoms with Crippen molar-refractivity contribution in [2.75, 3.05) is 13.1 Å². The van der Waals surface area contributed by atoms with Crippen molar-refractivity contribution in [3.63, 3.8) is 0 Å². The Kier molecular flexibility index (Phi) is 5.07. The normalized spacial score (nSPS) is 10.9. The molecule has 0 aliphatic carbocycles. The van der Waals surface area contributed by atoms with E-state index in [9.17, 15) is 14.4 Å². The molecule has 2 amide bonds. The van der Waals surface area contributed by atoms with E-state index in [1.54, 1.807) is 36.4 Å². The molecule has 2 aromatic heterocycles. The quantitative estimate of drug-likeness (QED) is 0.437. The Morgan fingerprint density at radius 2 is 1.69 bits per heavy atom. The topological polar surface area (TPSA) is 117 Å². The highest BCUT2D eigenvalue weighted by atomic mass is 16.3. The second-order valence-electron chi connectivity index (χ2n) is 6.45. The van der Waals surface area contributed by atoms with Crippen LogP contribution in [0.25, 0.3) is 21.9 Å². The van der Waals surface area contributed by atoms with Gasteiger partial charge in [-0.2, -0.15) is 0 Å². The van der Waals surface area contributed by atoms with Crippen molar-refractivity contribution in [1.29, 1.82) is 0 Å². The molecule has 4 aromatic rings. The SMILES string of the molecule is O=C(NCCCNC(=O)c1cc2ccccc2o1)c1nc2ccccc2c(=O)[nH]1. The van der Waals surface area contributed by atoms with Gasteiger partial charge in [0.2, 0.25) is 0 Å². The number of hydrogen-bond acceptors (Lipinski definition) is 5. The number of benzene rings is 2. The lowest BCUT2D eigenvalue weighted by Crippen LogP contribution is -2.31. The van der Waals surface area contributed by atoms with E-state index in [1.165, 1.54) is 0 Å². The standard InChI is InChI=1S/C21H18N4O4/c26-19-14-7-2-3-8-15(14)24-18(25-19)21(28)23-11-5-10-22-20(27)17-12-13-6-1-4-9-16(13)29-17/h1-4,6-9,12H,5,10-11H2,(H,22,27)(H,23,28)(H,24,25,26). The van der Waals surface area contributed by atoms with Gasteiger partial charge in [-0.1, -0.05) is 30.3 Å². The zero-order valence-corrected chi connectivity index (χ0v) is 15.4. The first-order valence-electron chi connectivity index (χ1n) is 9.16. The fourth-order valence-electron chi connectivity index (χ4n) is 2.95. The molecule has 2 heterocycles. The first-order valence-corrected chi connectivity index (χ1v) is 9.16. The van der Waals surface area contributed by atoms with Gasteiger partial charge < -0.3 is 20.0 Å². The molecule has 3 N–H and O–H groups in total. The molecule has 0 saturated heterocycles. The van der Waals surface area contributed by atoms with Gasteiger partial charge in [0.1, 0.15) is 5.58 Å². The van der Waals surface area contributed by atoms with E-state index in [4.69, 9.17) is 4.42 Å². The maximum absolute atomic E-state index is 12.2. The number of hydrogen-bond donors (Lipinski definition) is 3. The van der Waals surface area contributed by atoms with Crippen LogP contribution in [0.2, 0.25) is 0 Å². The molecule has 0 saturated carbocycles. The summed E-state index contributed by atoms with van der Waals surface area (Å²) in [6.45, 7) is 0.674. The van der Waals surface area contributed by atoms with Crippen LogP contribution in [0.4, 0.5) is 0 Å². The first kappa shape index (κ1) is 18.4. The number of rotatable bonds is 6. The highest BCUT2D eigenvalue weighted by Crippen LogP contribution is 2.18. The number of H-pyrrole nitrogens is 1. The third-order valence-corrected chi connectivity index (χ3v) is 4.40. The molecule has 0 bridgehead atoms. The molecule has 8 nitrogen and oxygen atoms in total. The van der Waals surface area contributed by atoms with Gasteiger partial charge in [-0.25, -0.2) is 4.98 Å². The van der Waals surface area contributed by atoms with Gasteiger partial charge in [0.05, 0.1) is 10.9 Å². The summed E-state index contributed by atoms with van der Waals surface area (Å²) >= 11 is 0. The van der Waals surface area contributed by atoms with Crippen molar-refractivity contribution < 1.29 is 14.0 Å². The molecule has 4 rings (SSSR count). The maximum atomic E-state index is 12.2.